The number of hydrogen-bond acceptors (Lipinski definition) is 4. The van der Waals surface area contributed by atoms with E-state index in [1.165, 1.54) is 0 Å². The Morgan fingerprint density at radius 2 is 1.89 bits per heavy atom. The molecule has 0 aliphatic heterocycles. The van der Waals surface area contributed by atoms with Gasteiger partial charge in [-0.15, -0.1) is 5.10 Å². The van der Waals surface area contributed by atoms with E-state index in [0.29, 0.717) is 6.54 Å². The molecule has 0 aliphatic carbocycles. The first kappa shape index (κ1) is 11.6. The summed E-state index contributed by atoms with van der Waals surface area (Å²) in [4.78, 5) is 4.43. The van der Waals surface area contributed by atoms with Crippen LogP contribution in [0.4, 0.5) is 5.82 Å². The summed E-state index contributed by atoms with van der Waals surface area (Å²) in [7, 11) is 0. The second-order valence-electron chi connectivity index (χ2n) is 4.41. The second-order valence-corrected chi connectivity index (χ2v) is 4.41. The van der Waals surface area contributed by atoms with Crippen molar-refractivity contribution in [2.24, 2.45) is 0 Å². The van der Waals surface area contributed by atoms with Gasteiger partial charge in [0.25, 0.3) is 0 Å². The molecule has 4 nitrogen and oxygen atoms in total. The zero-order chi connectivity index (χ0) is 13.1. The number of hydrogen-bond donors (Lipinski definition) is 1. The van der Waals surface area contributed by atoms with E-state index in [0.717, 1.165) is 28.0 Å². The quantitative estimate of drug-likeness (QED) is 0.776. The van der Waals surface area contributed by atoms with Gasteiger partial charge in [0.2, 0.25) is 0 Å². The lowest BCUT2D eigenvalue weighted by molar-refractivity contribution is 0.964. The largest absolute Gasteiger partial charge is 0.364 e. The summed E-state index contributed by atoms with van der Waals surface area (Å²) in [6.45, 7) is 2.61. The molecular formula is C15H14N4. The van der Waals surface area contributed by atoms with Crippen molar-refractivity contribution in [3.05, 3.63) is 59.9 Å². The van der Waals surface area contributed by atoms with Gasteiger partial charge in [-0.3, -0.25) is 4.98 Å². The Morgan fingerprint density at radius 3 is 2.74 bits per heavy atom. The molecular weight excluding hydrogens is 236 g/mol. The van der Waals surface area contributed by atoms with Crippen LogP contribution in [0.2, 0.25) is 0 Å². The fourth-order valence-electron chi connectivity index (χ4n) is 1.99. The highest BCUT2D eigenvalue weighted by Crippen LogP contribution is 2.16. The van der Waals surface area contributed by atoms with Crippen molar-refractivity contribution < 1.29 is 0 Å². The highest BCUT2D eigenvalue weighted by atomic mass is 15.2. The van der Waals surface area contributed by atoms with E-state index < -0.39 is 0 Å². The SMILES string of the molecule is Cc1ccc(NCc2cccc3cccnc23)nn1. The van der Waals surface area contributed by atoms with Crippen LogP contribution in [-0.4, -0.2) is 15.2 Å². The Morgan fingerprint density at radius 1 is 1.00 bits per heavy atom. The van der Waals surface area contributed by atoms with E-state index >= 15 is 0 Å². The molecule has 19 heavy (non-hydrogen) atoms. The fourth-order valence-corrected chi connectivity index (χ4v) is 1.99. The van der Waals surface area contributed by atoms with E-state index in [-0.39, 0.29) is 0 Å². The maximum atomic E-state index is 4.43. The van der Waals surface area contributed by atoms with Gasteiger partial charge in [-0.2, -0.15) is 5.10 Å². The third-order valence-electron chi connectivity index (χ3n) is 2.97. The summed E-state index contributed by atoms with van der Waals surface area (Å²) in [6, 6.07) is 14.1. The number of pyridine rings is 1. The van der Waals surface area contributed by atoms with Gasteiger partial charge >= 0.3 is 0 Å². The van der Waals surface area contributed by atoms with Crippen LogP contribution in [0.25, 0.3) is 10.9 Å². The molecule has 2 heterocycles. The molecule has 2 aromatic heterocycles. The summed E-state index contributed by atoms with van der Waals surface area (Å²) < 4.78 is 0. The Labute approximate surface area is 111 Å². The standard InChI is InChI=1S/C15H14N4/c1-11-7-8-14(19-18-11)17-10-13-5-2-4-12-6-3-9-16-15(12)13/h2-9H,10H2,1H3,(H,17,19). The highest BCUT2D eigenvalue weighted by molar-refractivity contribution is 5.81. The molecule has 0 atom stereocenters. The molecule has 0 saturated carbocycles. The van der Waals surface area contributed by atoms with Gasteiger partial charge in [-0.25, -0.2) is 0 Å². The minimum absolute atomic E-state index is 0.687. The lowest BCUT2D eigenvalue weighted by atomic mass is 10.1. The Balaban J connectivity index is 1.84. The molecule has 1 N–H and O–H groups in total. The predicted octanol–water partition coefficient (Wildman–Crippen LogP) is 2.95. The maximum absolute atomic E-state index is 4.43. The Bertz CT molecular complexity index is 687. The Kier molecular flexibility index (Phi) is 3.06. The summed E-state index contributed by atoms with van der Waals surface area (Å²) >= 11 is 0. The number of para-hydroxylation sites is 1. The topological polar surface area (TPSA) is 50.7 Å². The Hall–Kier alpha value is -2.49. The van der Waals surface area contributed by atoms with Crippen molar-refractivity contribution in [1.29, 1.82) is 0 Å². The van der Waals surface area contributed by atoms with Crippen molar-refractivity contribution in [1.82, 2.24) is 15.2 Å². The molecule has 0 radical (unpaired) electrons. The van der Waals surface area contributed by atoms with Crippen molar-refractivity contribution in [3.8, 4) is 0 Å². The minimum Gasteiger partial charge on any atom is -0.364 e. The van der Waals surface area contributed by atoms with Crippen LogP contribution in [0.3, 0.4) is 0 Å². The normalized spacial score (nSPS) is 10.6. The van der Waals surface area contributed by atoms with E-state index in [9.17, 15) is 0 Å². The first-order chi connectivity index (χ1) is 9.33. The van der Waals surface area contributed by atoms with Gasteiger partial charge in [-0.1, -0.05) is 24.3 Å². The molecule has 0 saturated heterocycles. The van der Waals surface area contributed by atoms with Gasteiger partial charge in [0.15, 0.2) is 0 Å². The molecule has 0 amide bonds. The highest BCUT2D eigenvalue weighted by Gasteiger charge is 2.02. The molecule has 0 fully saturated rings. The molecule has 0 spiro atoms. The molecule has 3 rings (SSSR count). The molecule has 1 aromatic carbocycles. The van der Waals surface area contributed by atoms with Crippen LogP contribution >= 0.6 is 0 Å². The fraction of sp³-hybridized carbons (Fsp3) is 0.133. The molecule has 4 heteroatoms. The number of anilines is 1. The van der Waals surface area contributed by atoms with E-state index in [1.807, 2.05) is 37.4 Å². The molecule has 94 valence electrons. The number of benzene rings is 1. The van der Waals surface area contributed by atoms with Crippen molar-refractivity contribution in [3.63, 3.8) is 0 Å². The summed E-state index contributed by atoms with van der Waals surface area (Å²) in [6.07, 6.45) is 1.82. The number of rotatable bonds is 3. The van der Waals surface area contributed by atoms with Crippen molar-refractivity contribution in [2.45, 2.75) is 13.5 Å². The molecule has 0 aliphatic rings. The number of fused-ring (bicyclic) bond motifs is 1. The third-order valence-corrected chi connectivity index (χ3v) is 2.97. The van der Waals surface area contributed by atoms with Gasteiger partial charge in [0.05, 0.1) is 11.2 Å². The average Bonchev–Trinajstić information content (AvgIpc) is 2.47. The number of aromatic nitrogens is 3. The lowest BCUT2D eigenvalue weighted by Crippen LogP contribution is -2.03. The monoisotopic (exact) mass is 250 g/mol. The van der Waals surface area contributed by atoms with Crippen molar-refractivity contribution >= 4 is 16.7 Å². The number of aryl methyl sites for hydroxylation is 1. The van der Waals surface area contributed by atoms with Crippen LogP contribution in [-0.2, 0) is 6.54 Å². The zero-order valence-corrected chi connectivity index (χ0v) is 10.7. The third kappa shape index (κ3) is 2.52. The minimum atomic E-state index is 0.687. The molecule has 0 unspecified atom stereocenters. The van der Waals surface area contributed by atoms with Gasteiger partial charge in [0.1, 0.15) is 5.82 Å². The van der Waals surface area contributed by atoms with Gasteiger partial charge in [0, 0.05) is 18.1 Å². The number of nitrogens with zero attached hydrogens (tertiary/aromatic N) is 3. The van der Waals surface area contributed by atoms with Crippen LogP contribution < -0.4 is 5.32 Å². The maximum Gasteiger partial charge on any atom is 0.148 e. The van der Waals surface area contributed by atoms with Crippen LogP contribution in [0, 0.1) is 6.92 Å². The van der Waals surface area contributed by atoms with Gasteiger partial charge < -0.3 is 5.32 Å². The van der Waals surface area contributed by atoms with Gasteiger partial charge in [-0.05, 0) is 30.7 Å². The first-order valence-corrected chi connectivity index (χ1v) is 6.20. The average molecular weight is 250 g/mol. The smallest absolute Gasteiger partial charge is 0.148 e. The van der Waals surface area contributed by atoms with E-state index in [4.69, 9.17) is 0 Å². The summed E-state index contributed by atoms with van der Waals surface area (Å²) in [5.41, 5.74) is 3.09. The van der Waals surface area contributed by atoms with E-state index in [1.54, 1.807) is 0 Å². The predicted molar refractivity (Wildman–Crippen MR) is 75.8 cm³/mol. The summed E-state index contributed by atoms with van der Waals surface area (Å²) in [5, 5.41) is 12.5. The van der Waals surface area contributed by atoms with Crippen LogP contribution in [0.5, 0.6) is 0 Å². The second kappa shape index (κ2) is 5.02. The molecule has 3 aromatic rings. The zero-order valence-electron chi connectivity index (χ0n) is 10.7. The van der Waals surface area contributed by atoms with Crippen LogP contribution in [0.1, 0.15) is 11.3 Å². The van der Waals surface area contributed by atoms with Crippen LogP contribution in [0.15, 0.2) is 48.7 Å². The first-order valence-electron chi connectivity index (χ1n) is 6.20. The molecule has 0 bridgehead atoms. The lowest BCUT2D eigenvalue weighted by Gasteiger charge is -2.07. The van der Waals surface area contributed by atoms with Crippen molar-refractivity contribution in [2.75, 3.05) is 5.32 Å². The number of nitrogens with one attached hydrogen (secondary N) is 1. The summed E-state index contributed by atoms with van der Waals surface area (Å²) in [5.74, 6) is 0.776. The van der Waals surface area contributed by atoms with E-state index in [2.05, 4.69) is 38.7 Å².